The second kappa shape index (κ2) is 5.62. The summed E-state index contributed by atoms with van der Waals surface area (Å²) < 4.78 is 0. The van der Waals surface area contributed by atoms with E-state index in [9.17, 15) is 4.79 Å². The predicted molar refractivity (Wildman–Crippen MR) is 57.7 cm³/mol. The number of halogens is 1. The molecule has 0 amide bonds. The molecule has 1 aromatic carbocycles. The third-order valence-corrected chi connectivity index (χ3v) is 2.02. The molecule has 0 aliphatic heterocycles. The maximum atomic E-state index is 10.5. The molecule has 4 heteroatoms. The van der Waals surface area contributed by atoms with Gasteiger partial charge in [-0.1, -0.05) is 24.3 Å². The monoisotopic (exact) mass is 215 g/mol. The molecule has 3 nitrogen and oxygen atoms in total. The van der Waals surface area contributed by atoms with Crippen molar-refractivity contribution in [1.29, 1.82) is 0 Å². The van der Waals surface area contributed by atoms with Crippen LogP contribution in [0.15, 0.2) is 24.3 Å². The summed E-state index contributed by atoms with van der Waals surface area (Å²) in [5.74, 6) is -0.955. The van der Waals surface area contributed by atoms with Gasteiger partial charge in [-0.2, -0.15) is 0 Å². The zero-order valence-corrected chi connectivity index (χ0v) is 8.75. The van der Waals surface area contributed by atoms with Crippen LogP contribution in [0.25, 0.3) is 0 Å². The summed E-state index contributed by atoms with van der Waals surface area (Å²) in [4.78, 5) is 10.5. The first kappa shape index (κ1) is 12.9. The Kier molecular flexibility index (Phi) is 5.20. The van der Waals surface area contributed by atoms with E-state index in [0.29, 0.717) is 6.42 Å². The molecule has 78 valence electrons. The number of rotatable bonds is 3. The van der Waals surface area contributed by atoms with Gasteiger partial charge in [-0.15, -0.1) is 12.4 Å². The number of carboxylic acid groups (broad SMARTS) is 1. The molecule has 0 saturated carbocycles. The fourth-order valence-corrected chi connectivity index (χ4v) is 1.16. The molecule has 0 aromatic heterocycles. The summed E-state index contributed by atoms with van der Waals surface area (Å²) >= 11 is 0. The molecule has 0 saturated heterocycles. The van der Waals surface area contributed by atoms with Crippen LogP contribution in [0.2, 0.25) is 0 Å². The molecule has 0 unspecified atom stereocenters. The highest BCUT2D eigenvalue weighted by Gasteiger charge is 2.12. The molecule has 0 spiro atoms. The Morgan fingerprint density at radius 1 is 1.50 bits per heavy atom. The molecule has 1 rings (SSSR count). The number of carboxylic acids is 1. The highest BCUT2D eigenvalue weighted by atomic mass is 35.5. The van der Waals surface area contributed by atoms with Crippen LogP contribution in [-0.2, 0) is 11.2 Å². The van der Waals surface area contributed by atoms with Crippen molar-refractivity contribution in [2.24, 2.45) is 5.73 Å². The van der Waals surface area contributed by atoms with Crippen molar-refractivity contribution in [3.05, 3.63) is 35.4 Å². The van der Waals surface area contributed by atoms with Crippen LogP contribution in [0.1, 0.15) is 11.1 Å². The molecule has 0 radical (unpaired) electrons. The van der Waals surface area contributed by atoms with Crippen LogP contribution in [0.3, 0.4) is 0 Å². The number of aliphatic carboxylic acids is 1. The van der Waals surface area contributed by atoms with Gasteiger partial charge >= 0.3 is 5.97 Å². The predicted octanol–water partition coefficient (Wildman–Crippen LogP) is 1.37. The van der Waals surface area contributed by atoms with Gasteiger partial charge in [-0.05, 0) is 24.5 Å². The summed E-state index contributed by atoms with van der Waals surface area (Å²) in [6, 6.07) is 6.85. The van der Waals surface area contributed by atoms with Gasteiger partial charge < -0.3 is 10.8 Å². The molecule has 0 fully saturated rings. The van der Waals surface area contributed by atoms with Crippen molar-refractivity contribution in [2.45, 2.75) is 19.4 Å². The Morgan fingerprint density at radius 3 is 2.57 bits per heavy atom. The molecule has 0 bridgehead atoms. The smallest absolute Gasteiger partial charge is 0.320 e. The molecule has 0 heterocycles. The lowest BCUT2D eigenvalue weighted by Crippen LogP contribution is -2.32. The van der Waals surface area contributed by atoms with E-state index in [4.69, 9.17) is 10.8 Å². The fraction of sp³-hybridized carbons (Fsp3) is 0.300. The minimum atomic E-state index is -0.955. The minimum Gasteiger partial charge on any atom is -0.480 e. The molecular weight excluding hydrogens is 202 g/mol. The zero-order chi connectivity index (χ0) is 9.84. The second-order valence-corrected chi connectivity index (χ2v) is 3.08. The van der Waals surface area contributed by atoms with E-state index in [0.717, 1.165) is 11.1 Å². The first-order valence-corrected chi connectivity index (χ1v) is 4.14. The van der Waals surface area contributed by atoms with E-state index in [-0.39, 0.29) is 12.4 Å². The second-order valence-electron chi connectivity index (χ2n) is 3.08. The van der Waals surface area contributed by atoms with Crippen molar-refractivity contribution in [3.8, 4) is 0 Å². The maximum absolute atomic E-state index is 10.5. The van der Waals surface area contributed by atoms with Gasteiger partial charge in [0.25, 0.3) is 0 Å². The maximum Gasteiger partial charge on any atom is 0.320 e. The van der Waals surface area contributed by atoms with Crippen LogP contribution < -0.4 is 5.73 Å². The van der Waals surface area contributed by atoms with Crippen LogP contribution in [-0.4, -0.2) is 17.1 Å². The minimum absolute atomic E-state index is 0. The molecule has 1 atom stereocenters. The third kappa shape index (κ3) is 3.36. The van der Waals surface area contributed by atoms with Crippen molar-refractivity contribution >= 4 is 18.4 Å². The highest BCUT2D eigenvalue weighted by Crippen LogP contribution is 2.08. The normalized spacial score (nSPS) is 11.6. The van der Waals surface area contributed by atoms with Crippen LogP contribution in [0, 0.1) is 6.92 Å². The van der Waals surface area contributed by atoms with Gasteiger partial charge in [0.1, 0.15) is 6.04 Å². The van der Waals surface area contributed by atoms with Gasteiger partial charge in [-0.25, -0.2) is 0 Å². The van der Waals surface area contributed by atoms with E-state index in [1.807, 2.05) is 31.2 Å². The first-order valence-electron chi connectivity index (χ1n) is 4.14. The topological polar surface area (TPSA) is 63.3 Å². The number of aryl methyl sites for hydroxylation is 1. The van der Waals surface area contributed by atoms with E-state index >= 15 is 0 Å². The zero-order valence-electron chi connectivity index (χ0n) is 7.93. The summed E-state index contributed by atoms with van der Waals surface area (Å²) in [5.41, 5.74) is 7.50. The average molecular weight is 216 g/mol. The quantitative estimate of drug-likeness (QED) is 0.801. The number of benzene rings is 1. The standard InChI is InChI=1S/C10H13NO2.ClH/c1-7-4-2-3-5-8(7)6-9(11)10(12)13;/h2-5,9H,6,11H2,1H3,(H,12,13);1H/t9-;/m0./s1. The first-order chi connectivity index (χ1) is 6.11. The number of nitrogens with two attached hydrogens (primary N) is 1. The lowest BCUT2D eigenvalue weighted by Gasteiger charge is -2.08. The van der Waals surface area contributed by atoms with E-state index in [2.05, 4.69) is 0 Å². The van der Waals surface area contributed by atoms with Gasteiger partial charge in [0.05, 0.1) is 0 Å². The molecule has 14 heavy (non-hydrogen) atoms. The SMILES string of the molecule is Cc1ccccc1C[C@H](N)C(=O)O.Cl. The van der Waals surface area contributed by atoms with Crippen molar-refractivity contribution in [1.82, 2.24) is 0 Å². The Balaban J connectivity index is 0.00000169. The van der Waals surface area contributed by atoms with E-state index < -0.39 is 12.0 Å². The Labute approximate surface area is 89.3 Å². The Hall–Kier alpha value is -1.06. The van der Waals surface area contributed by atoms with E-state index in [1.54, 1.807) is 0 Å². The summed E-state index contributed by atoms with van der Waals surface area (Å²) in [6.07, 6.45) is 0.391. The molecule has 1 aromatic rings. The van der Waals surface area contributed by atoms with E-state index in [1.165, 1.54) is 0 Å². The highest BCUT2D eigenvalue weighted by molar-refractivity contribution is 5.85. The summed E-state index contributed by atoms with van der Waals surface area (Å²) in [6.45, 7) is 1.95. The third-order valence-electron chi connectivity index (χ3n) is 2.02. The summed E-state index contributed by atoms with van der Waals surface area (Å²) in [5, 5.41) is 8.61. The van der Waals surface area contributed by atoms with Gasteiger partial charge in [0, 0.05) is 0 Å². The van der Waals surface area contributed by atoms with Crippen molar-refractivity contribution in [3.63, 3.8) is 0 Å². The Bertz CT molecular complexity index is 315. The number of carbonyl (C=O) groups is 1. The number of hydrogen-bond acceptors (Lipinski definition) is 2. The molecule has 3 N–H and O–H groups in total. The molecule has 0 aliphatic rings. The van der Waals surface area contributed by atoms with Gasteiger partial charge in [0.2, 0.25) is 0 Å². The average Bonchev–Trinajstić information content (AvgIpc) is 2.08. The Morgan fingerprint density at radius 2 is 2.07 bits per heavy atom. The lowest BCUT2D eigenvalue weighted by molar-refractivity contribution is -0.138. The molecule has 0 aliphatic carbocycles. The van der Waals surface area contributed by atoms with Gasteiger partial charge in [-0.3, -0.25) is 4.79 Å². The lowest BCUT2D eigenvalue weighted by atomic mass is 10.0. The number of hydrogen-bond donors (Lipinski definition) is 2. The van der Waals surface area contributed by atoms with Crippen LogP contribution in [0.4, 0.5) is 0 Å². The largest absolute Gasteiger partial charge is 0.480 e. The fourth-order valence-electron chi connectivity index (χ4n) is 1.16. The van der Waals surface area contributed by atoms with Crippen molar-refractivity contribution in [2.75, 3.05) is 0 Å². The van der Waals surface area contributed by atoms with Gasteiger partial charge in [0.15, 0.2) is 0 Å². The van der Waals surface area contributed by atoms with Crippen molar-refractivity contribution < 1.29 is 9.90 Å². The molecular formula is C10H14ClNO2. The summed E-state index contributed by atoms with van der Waals surface area (Å²) in [7, 11) is 0. The van der Waals surface area contributed by atoms with Crippen LogP contribution >= 0.6 is 12.4 Å². The van der Waals surface area contributed by atoms with Crippen LogP contribution in [0.5, 0.6) is 0 Å².